The highest BCUT2D eigenvalue weighted by Gasteiger charge is 2.11. The van der Waals surface area contributed by atoms with Gasteiger partial charge in [-0.2, -0.15) is 0 Å². The average Bonchev–Trinajstić information content (AvgIpc) is 2.99. The Morgan fingerprint density at radius 2 is 2.21 bits per heavy atom. The van der Waals surface area contributed by atoms with Crippen LogP contribution in [-0.2, 0) is 12.8 Å². The number of rotatable bonds is 7. The summed E-state index contributed by atoms with van der Waals surface area (Å²) in [7, 11) is 2.06. The van der Waals surface area contributed by atoms with Crippen molar-refractivity contribution in [3.05, 3.63) is 38.0 Å². The summed E-state index contributed by atoms with van der Waals surface area (Å²) in [5.41, 5.74) is 1.19. The SMILES string of the molecule is CNC(CCCc1cccs1)Cc1nc(C)c(C)s1. The Morgan fingerprint density at radius 1 is 1.37 bits per heavy atom. The van der Waals surface area contributed by atoms with Gasteiger partial charge in [0, 0.05) is 22.2 Å². The van der Waals surface area contributed by atoms with Crippen molar-refractivity contribution in [1.82, 2.24) is 10.3 Å². The molecular formula is C15H22N2S2. The number of hydrogen-bond acceptors (Lipinski definition) is 4. The summed E-state index contributed by atoms with van der Waals surface area (Å²) in [5, 5.41) is 6.86. The van der Waals surface area contributed by atoms with Crippen molar-refractivity contribution in [2.75, 3.05) is 7.05 Å². The second-order valence-electron chi connectivity index (χ2n) is 4.91. The molecule has 4 heteroatoms. The van der Waals surface area contributed by atoms with E-state index in [1.807, 2.05) is 22.7 Å². The lowest BCUT2D eigenvalue weighted by molar-refractivity contribution is 0.502. The third-order valence-corrected chi connectivity index (χ3v) is 5.49. The predicted octanol–water partition coefficient (Wildman–Crippen LogP) is 3.97. The second kappa shape index (κ2) is 7.17. The first-order valence-corrected chi connectivity index (χ1v) is 8.51. The number of thiazole rings is 1. The number of aryl methyl sites for hydroxylation is 3. The van der Waals surface area contributed by atoms with Crippen LogP contribution >= 0.6 is 22.7 Å². The number of hydrogen-bond donors (Lipinski definition) is 1. The molecule has 0 spiro atoms. The van der Waals surface area contributed by atoms with Crippen molar-refractivity contribution in [1.29, 1.82) is 0 Å². The molecule has 0 amide bonds. The molecule has 2 heterocycles. The van der Waals surface area contributed by atoms with Gasteiger partial charge in [-0.1, -0.05) is 6.07 Å². The summed E-state index contributed by atoms with van der Waals surface area (Å²) in [5.74, 6) is 0. The number of nitrogens with one attached hydrogen (secondary N) is 1. The number of thiophene rings is 1. The lowest BCUT2D eigenvalue weighted by Gasteiger charge is -2.14. The maximum absolute atomic E-state index is 4.64. The Morgan fingerprint density at radius 3 is 2.79 bits per heavy atom. The summed E-state index contributed by atoms with van der Waals surface area (Å²) in [6, 6.07) is 4.91. The van der Waals surface area contributed by atoms with Gasteiger partial charge < -0.3 is 5.32 Å². The Hall–Kier alpha value is -0.710. The Labute approximate surface area is 123 Å². The zero-order chi connectivity index (χ0) is 13.7. The third kappa shape index (κ3) is 4.41. The molecule has 0 aliphatic rings. The van der Waals surface area contributed by atoms with Crippen LogP contribution in [0.25, 0.3) is 0 Å². The van der Waals surface area contributed by atoms with Gasteiger partial charge in [-0.25, -0.2) is 4.98 Å². The van der Waals surface area contributed by atoms with Crippen LogP contribution < -0.4 is 5.32 Å². The van der Waals surface area contributed by atoms with E-state index in [0.29, 0.717) is 6.04 Å². The first-order chi connectivity index (χ1) is 9.19. The van der Waals surface area contributed by atoms with Crippen molar-refractivity contribution in [2.45, 2.75) is 45.6 Å². The Bertz CT molecular complexity index is 469. The van der Waals surface area contributed by atoms with Crippen LogP contribution in [0.4, 0.5) is 0 Å². The van der Waals surface area contributed by atoms with E-state index in [0.717, 1.165) is 6.42 Å². The second-order valence-corrected chi connectivity index (χ2v) is 7.23. The predicted molar refractivity (Wildman–Crippen MR) is 85.4 cm³/mol. The van der Waals surface area contributed by atoms with Gasteiger partial charge in [0.1, 0.15) is 0 Å². The lowest BCUT2D eigenvalue weighted by atomic mass is 10.1. The van der Waals surface area contributed by atoms with E-state index in [1.165, 1.54) is 39.7 Å². The van der Waals surface area contributed by atoms with Crippen LogP contribution in [0.15, 0.2) is 17.5 Å². The van der Waals surface area contributed by atoms with Crippen LogP contribution in [0.3, 0.4) is 0 Å². The van der Waals surface area contributed by atoms with E-state index in [9.17, 15) is 0 Å². The highest BCUT2D eigenvalue weighted by atomic mass is 32.1. The van der Waals surface area contributed by atoms with Gasteiger partial charge >= 0.3 is 0 Å². The fourth-order valence-electron chi connectivity index (χ4n) is 2.16. The zero-order valence-electron chi connectivity index (χ0n) is 11.9. The minimum atomic E-state index is 0.546. The molecule has 1 N–H and O–H groups in total. The van der Waals surface area contributed by atoms with E-state index in [1.54, 1.807) is 0 Å². The fourth-order valence-corrected chi connectivity index (χ4v) is 3.93. The van der Waals surface area contributed by atoms with Crippen LogP contribution in [0.1, 0.15) is 33.3 Å². The number of likely N-dealkylation sites (N-methyl/N-ethyl adjacent to an activating group) is 1. The minimum absolute atomic E-state index is 0.546. The van der Waals surface area contributed by atoms with Crippen LogP contribution in [0.2, 0.25) is 0 Å². The van der Waals surface area contributed by atoms with Gasteiger partial charge in [-0.05, 0) is 51.6 Å². The summed E-state index contributed by atoms with van der Waals surface area (Å²) < 4.78 is 0. The van der Waals surface area contributed by atoms with Crippen LogP contribution in [0.5, 0.6) is 0 Å². The molecular weight excluding hydrogens is 272 g/mol. The van der Waals surface area contributed by atoms with E-state index in [4.69, 9.17) is 0 Å². The topological polar surface area (TPSA) is 24.9 Å². The summed E-state index contributed by atoms with van der Waals surface area (Å²) in [6.07, 6.45) is 4.72. The monoisotopic (exact) mass is 294 g/mol. The van der Waals surface area contributed by atoms with E-state index < -0.39 is 0 Å². The van der Waals surface area contributed by atoms with Crippen molar-refractivity contribution >= 4 is 22.7 Å². The summed E-state index contributed by atoms with van der Waals surface area (Å²) in [4.78, 5) is 7.48. The van der Waals surface area contributed by atoms with Crippen LogP contribution in [0, 0.1) is 13.8 Å². The normalized spacial score (nSPS) is 12.8. The quantitative estimate of drug-likeness (QED) is 0.835. The molecule has 0 fully saturated rings. The molecule has 0 saturated heterocycles. The standard InChI is InChI=1S/C15H22N2S2/c1-11-12(2)19-15(17-11)10-13(16-3)6-4-7-14-8-5-9-18-14/h5,8-9,13,16H,4,6-7,10H2,1-3H3. The molecule has 1 atom stereocenters. The molecule has 2 rings (SSSR count). The zero-order valence-corrected chi connectivity index (χ0v) is 13.5. The molecule has 0 aromatic carbocycles. The highest BCUT2D eigenvalue weighted by molar-refractivity contribution is 7.11. The van der Waals surface area contributed by atoms with Gasteiger partial charge in [0.15, 0.2) is 0 Å². The molecule has 0 saturated carbocycles. The fraction of sp³-hybridized carbons (Fsp3) is 0.533. The third-order valence-electron chi connectivity index (χ3n) is 3.46. The Balaban J connectivity index is 1.79. The Kier molecular flexibility index (Phi) is 5.55. The first-order valence-electron chi connectivity index (χ1n) is 6.81. The molecule has 2 aromatic rings. The highest BCUT2D eigenvalue weighted by Crippen LogP contribution is 2.19. The average molecular weight is 294 g/mol. The first kappa shape index (κ1) is 14.7. The molecule has 0 radical (unpaired) electrons. The molecule has 0 aliphatic heterocycles. The lowest BCUT2D eigenvalue weighted by Crippen LogP contribution is -2.27. The van der Waals surface area contributed by atoms with Crippen molar-refractivity contribution in [3.8, 4) is 0 Å². The van der Waals surface area contributed by atoms with Crippen LogP contribution in [-0.4, -0.2) is 18.1 Å². The minimum Gasteiger partial charge on any atom is -0.317 e. The van der Waals surface area contributed by atoms with Crippen molar-refractivity contribution < 1.29 is 0 Å². The molecule has 2 nitrogen and oxygen atoms in total. The molecule has 0 bridgehead atoms. The van der Waals surface area contributed by atoms with E-state index in [2.05, 4.69) is 48.7 Å². The van der Waals surface area contributed by atoms with Gasteiger partial charge in [-0.15, -0.1) is 22.7 Å². The molecule has 104 valence electrons. The maximum atomic E-state index is 4.64. The van der Waals surface area contributed by atoms with Crippen molar-refractivity contribution in [2.24, 2.45) is 0 Å². The number of aromatic nitrogens is 1. The van der Waals surface area contributed by atoms with Gasteiger partial charge in [0.2, 0.25) is 0 Å². The van der Waals surface area contributed by atoms with E-state index >= 15 is 0 Å². The van der Waals surface area contributed by atoms with Crippen molar-refractivity contribution in [3.63, 3.8) is 0 Å². The molecule has 2 aromatic heterocycles. The van der Waals surface area contributed by atoms with Gasteiger partial charge in [0.05, 0.1) is 10.7 Å². The molecule has 0 aliphatic carbocycles. The smallest absolute Gasteiger partial charge is 0.0946 e. The maximum Gasteiger partial charge on any atom is 0.0946 e. The van der Waals surface area contributed by atoms with E-state index in [-0.39, 0.29) is 0 Å². The summed E-state index contributed by atoms with van der Waals surface area (Å²) in [6.45, 7) is 4.25. The molecule has 1 unspecified atom stereocenters. The largest absolute Gasteiger partial charge is 0.317 e. The summed E-state index contributed by atoms with van der Waals surface area (Å²) >= 11 is 3.70. The van der Waals surface area contributed by atoms with Gasteiger partial charge in [-0.3, -0.25) is 0 Å². The number of nitrogens with zero attached hydrogens (tertiary/aromatic N) is 1. The van der Waals surface area contributed by atoms with Gasteiger partial charge in [0.25, 0.3) is 0 Å². The molecule has 19 heavy (non-hydrogen) atoms.